The van der Waals surface area contributed by atoms with Crippen molar-refractivity contribution in [2.45, 2.75) is 13.1 Å². The second-order valence-corrected chi connectivity index (χ2v) is 4.20. The molecule has 90 valence electrons. The number of aromatic hydroxyl groups is 1. The summed E-state index contributed by atoms with van der Waals surface area (Å²) in [5.41, 5.74) is 0.711. The van der Waals surface area contributed by atoms with Crippen molar-refractivity contribution in [2.75, 3.05) is 0 Å². The lowest BCUT2D eigenvalue weighted by molar-refractivity contribution is 0.464. The van der Waals surface area contributed by atoms with Crippen LogP contribution >= 0.6 is 11.6 Å². The molecule has 0 saturated heterocycles. The smallest absolute Gasteiger partial charge is 0.122 e. The van der Waals surface area contributed by atoms with Gasteiger partial charge in [-0.2, -0.15) is 0 Å². The Bertz CT molecular complexity index is 490. The summed E-state index contributed by atoms with van der Waals surface area (Å²) in [5, 5.41) is 13.4. The molecule has 0 amide bonds. The highest BCUT2D eigenvalue weighted by molar-refractivity contribution is 6.31. The van der Waals surface area contributed by atoms with Crippen molar-refractivity contribution in [2.24, 2.45) is 7.05 Å². The topological polar surface area (TPSA) is 50.1 Å². The highest BCUT2D eigenvalue weighted by atomic mass is 35.5. The van der Waals surface area contributed by atoms with E-state index in [4.69, 9.17) is 11.6 Å². The van der Waals surface area contributed by atoms with E-state index in [0.29, 0.717) is 23.7 Å². The number of nitrogens with zero attached hydrogens (tertiary/aromatic N) is 2. The molecule has 2 aromatic rings. The summed E-state index contributed by atoms with van der Waals surface area (Å²) in [6.07, 6.45) is 3.65. The average molecular weight is 252 g/mol. The van der Waals surface area contributed by atoms with E-state index in [1.54, 1.807) is 24.4 Å². The number of aryl methyl sites for hydroxylation is 1. The van der Waals surface area contributed by atoms with Gasteiger partial charge in [-0.05, 0) is 12.1 Å². The predicted octanol–water partition coefficient (Wildman–Crippen LogP) is 2.07. The Morgan fingerprint density at radius 1 is 1.41 bits per heavy atom. The van der Waals surface area contributed by atoms with Gasteiger partial charge in [-0.15, -0.1) is 0 Å². The van der Waals surface area contributed by atoms with E-state index in [1.807, 2.05) is 17.8 Å². The monoisotopic (exact) mass is 251 g/mol. The molecule has 0 bridgehead atoms. The van der Waals surface area contributed by atoms with Crippen LogP contribution < -0.4 is 5.32 Å². The molecule has 1 aromatic heterocycles. The van der Waals surface area contributed by atoms with Gasteiger partial charge < -0.3 is 15.0 Å². The first kappa shape index (κ1) is 12.0. The zero-order valence-corrected chi connectivity index (χ0v) is 10.3. The molecule has 0 radical (unpaired) electrons. The van der Waals surface area contributed by atoms with Crippen LogP contribution in [0.25, 0.3) is 0 Å². The van der Waals surface area contributed by atoms with E-state index in [9.17, 15) is 5.11 Å². The SMILES string of the molecule is Cn1ccnc1CNCc1c(O)cccc1Cl. The number of aromatic nitrogens is 2. The van der Waals surface area contributed by atoms with Gasteiger partial charge in [-0.1, -0.05) is 17.7 Å². The molecule has 1 aromatic carbocycles. The number of hydrogen-bond donors (Lipinski definition) is 2. The molecule has 4 nitrogen and oxygen atoms in total. The molecule has 1 heterocycles. The van der Waals surface area contributed by atoms with Crippen LogP contribution in [0.1, 0.15) is 11.4 Å². The maximum Gasteiger partial charge on any atom is 0.122 e. The summed E-state index contributed by atoms with van der Waals surface area (Å²) in [5.74, 6) is 1.15. The van der Waals surface area contributed by atoms with Gasteiger partial charge in [0, 0.05) is 36.6 Å². The average Bonchev–Trinajstić information content (AvgIpc) is 2.69. The van der Waals surface area contributed by atoms with Gasteiger partial charge in [0.05, 0.1) is 6.54 Å². The molecule has 0 aliphatic carbocycles. The number of phenols is 1. The zero-order chi connectivity index (χ0) is 12.3. The molecule has 5 heteroatoms. The van der Waals surface area contributed by atoms with Crippen molar-refractivity contribution in [3.8, 4) is 5.75 Å². The van der Waals surface area contributed by atoms with E-state index in [0.717, 1.165) is 5.82 Å². The summed E-state index contributed by atoms with van der Waals surface area (Å²) in [4.78, 5) is 4.20. The number of hydrogen-bond acceptors (Lipinski definition) is 3. The van der Waals surface area contributed by atoms with Crippen molar-refractivity contribution in [1.29, 1.82) is 0 Å². The number of benzene rings is 1. The molecule has 0 aliphatic heterocycles. The molecule has 0 saturated carbocycles. The number of halogens is 1. The highest BCUT2D eigenvalue weighted by Crippen LogP contribution is 2.24. The first-order chi connectivity index (χ1) is 8.18. The molecular formula is C12H14ClN3O. The standard InChI is InChI=1S/C12H14ClN3O/c1-16-6-5-15-12(16)8-14-7-9-10(13)3-2-4-11(9)17/h2-6,14,17H,7-8H2,1H3. The van der Waals surface area contributed by atoms with E-state index < -0.39 is 0 Å². The lowest BCUT2D eigenvalue weighted by atomic mass is 10.2. The molecule has 17 heavy (non-hydrogen) atoms. The summed E-state index contributed by atoms with van der Waals surface area (Å²) < 4.78 is 1.94. The van der Waals surface area contributed by atoms with Crippen LogP contribution in [0.5, 0.6) is 5.75 Å². The van der Waals surface area contributed by atoms with Crippen molar-refractivity contribution in [3.05, 3.63) is 47.0 Å². The van der Waals surface area contributed by atoms with Crippen molar-refractivity contribution in [1.82, 2.24) is 14.9 Å². The van der Waals surface area contributed by atoms with Crippen LogP contribution in [0.15, 0.2) is 30.6 Å². The fourth-order valence-corrected chi connectivity index (χ4v) is 1.82. The van der Waals surface area contributed by atoms with Crippen LogP contribution in [0, 0.1) is 0 Å². The molecule has 0 unspecified atom stereocenters. The number of nitrogens with one attached hydrogen (secondary N) is 1. The molecule has 0 atom stereocenters. The molecule has 0 fully saturated rings. The lowest BCUT2D eigenvalue weighted by Gasteiger charge is -2.08. The Hall–Kier alpha value is -1.52. The van der Waals surface area contributed by atoms with E-state index in [2.05, 4.69) is 10.3 Å². The maximum atomic E-state index is 9.66. The van der Waals surface area contributed by atoms with E-state index in [1.165, 1.54) is 0 Å². The fraction of sp³-hybridized carbons (Fsp3) is 0.250. The van der Waals surface area contributed by atoms with Crippen molar-refractivity contribution < 1.29 is 5.11 Å². The molecule has 2 rings (SSSR count). The van der Waals surface area contributed by atoms with Crippen LogP contribution in [-0.4, -0.2) is 14.7 Å². The van der Waals surface area contributed by atoms with E-state index in [-0.39, 0.29) is 5.75 Å². The third-order valence-corrected chi connectivity index (χ3v) is 2.95. The second kappa shape index (κ2) is 5.21. The number of rotatable bonds is 4. The molecule has 2 N–H and O–H groups in total. The van der Waals surface area contributed by atoms with Gasteiger partial charge in [0.15, 0.2) is 0 Å². The van der Waals surface area contributed by atoms with E-state index >= 15 is 0 Å². The minimum absolute atomic E-state index is 0.213. The van der Waals surface area contributed by atoms with Crippen LogP contribution in [0.2, 0.25) is 5.02 Å². The normalized spacial score (nSPS) is 10.7. The third kappa shape index (κ3) is 2.78. The van der Waals surface area contributed by atoms with Gasteiger partial charge in [-0.3, -0.25) is 0 Å². The molecule has 0 aliphatic rings. The Labute approximate surface area is 105 Å². The summed E-state index contributed by atoms with van der Waals surface area (Å²) in [6, 6.07) is 5.11. The van der Waals surface area contributed by atoms with Gasteiger partial charge in [0.1, 0.15) is 11.6 Å². The predicted molar refractivity (Wildman–Crippen MR) is 66.9 cm³/mol. The molecular weight excluding hydrogens is 238 g/mol. The van der Waals surface area contributed by atoms with Crippen molar-refractivity contribution >= 4 is 11.6 Å². The van der Waals surface area contributed by atoms with Crippen molar-refractivity contribution in [3.63, 3.8) is 0 Å². The first-order valence-corrected chi connectivity index (χ1v) is 5.69. The quantitative estimate of drug-likeness (QED) is 0.875. The minimum Gasteiger partial charge on any atom is -0.508 e. The summed E-state index contributed by atoms with van der Waals surface area (Å²) in [7, 11) is 1.94. The summed E-state index contributed by atoms with van der Waals surface area (Å²) in [6.45, 7) is 1.15. The Morgan fingerprint density at radius 2 is 2.24 bits per heavy atom. The minimum atomic E-state index is 0.213. The Balaban J connectivity index is 1.97. The summed E-state index contributed by atoms with van der Waals surface area (Å²) >= 11 is 6.00. The maximum absolute atomic E-state index is 9.66. The lowest BCUT2D eigenvalue weighted by Crippen LogP contribution is -2.16. The first-order valence-electron chi connectivity index (χ1n) is 5.31. The highest BCUT2D eigenvalue weighted by Gasteiger charge is 2.06. The fourth-order valence-electron chi connectivity index (χ4n) is 1.59. The molecule has 0 spiro atoms. The van der Waals surface area contributed by atoms with Gasteiger partial charge >= 0.3 is 0 Å². The van der Waals surface area contributed by atoms with Crippen LogP contribution in [-0.2, 0) is 20.1 Å². The van der Waals surface area contributed by atoms with Crippen LogP contribution in [0.4, 0.5) is 0 Å². The van der Waals surface area contributed by atoms with Gasteiger partial charge in [0.2, 0.25) is 0 Å². The largest absolute Gasteiger partial charge is 0.508 e. The second-order valence-electron chi connectivity index (χ2n) is 3.80. The van der Waals surface area contributed by atoms with Gasteiger partial charge in [-0.25, -0.2) is 4.98 Å². The Morgan fingerprint density at radius 3 is 2.88 bits per heavy atom. The zero-order valence-electron chi connectivity index (χ0n) is 9.52. The third-order valence-electron chi connectivity index (χ3n) is 2.60. The number of imidazole rings is 1. The van der Waals surface area contributed by atoms with Gasteiger partial charge in [0.25, 0.3) is 0 Å². The van der Waals surface area contributed by atoms with Crippen LogP contribution in [0.3, 0.4) is 0 Å². The number of phenolic OH excluding ortho intramolecular Hbond substituents is 1. The Kier molecular flexibility index (Phi) is 3.66.